The third-order valence-corrected chi connectivity index (χ3v) is 4.86. The Labute approximate surface area is 136 Å². The molecule has 1 aliphatic carbocycles. The zero-order chi connectivity index (χ0) is 16.2. The van der Waals surface area contributed by atoms with Crippen molar-refractivity contribution in [3.05, 3.63) is 34.9 Å². The van der Waals surface area contributed by atoms with E-state index in [9.17, 15) is 13.2 Å². The first-order valence-corrected chi connectivity index (χ1v) is 9.61. The number of carbonyl (C=O) groups excluding carboxylic acids is 1. The quantitative estimate of drug-likeness (QED) is 0.796. The molecule has 1 fully saturated rings. The molecule has 5 nitrogen and oxygen atoms in total. The number of benzene rings is 1. The summed E-state index contributed by atoms with van der Waals surface area (Å²) < 4.78 is 24.3. The molecular weight excluding hydrogens is 324 g/mol. The molecule has 0 aromatic heterocycles. The van der Waals surface area contributed by atoms with Crippen molar-refractivity contribution in [3.63, 3.8) is 0 Å². The summed E-state index contributed by atoms with van der Waals surface area (Å²) in [5.41, 5.74) is 1.04. The van der Waals surface area contributed by atoms with E-state index in [1.807, 2.05) is 24.3 Å². The second-order valence-corrected chi connectivity index (χ2v) is 7.97. The van der Waals surface area contributed by atoms with Gasteiger partial charge >= 0.3 is 0 Å². The average molecular weight is 345 g/mol. The highest BCUT2D eigenvalue weighted by Gasteiger charge is 2.29. The number of amides is 1. The van der Waals surface area contributed by atoms with Gasteiger partial charge in [-0.05, 0) is 36.5 Å². The van der Waals surface area contributed by atoms with Gasteiger partial charge in [0, 0.05) is 18.0 Å². The summed E-state index contributed by atoms with van der Waals surface area (Å²) >= 11 is 5.91. The van der Waals surface area contributed by atoms with Gasteiger partial charge in [-0.3, -0.25) is 4.79 Å². The average Bonchev–Trinajstić information content (AvgIpc) is 2.35. The van der Waals surface area contributed by atoms with Crippen LogP contribution in [0.5, 0.6) is 0 Å². The first-order valence-electron chi connectivity index (χ1n) is 7.34. The highest BCUT2D eigenvalue weighted by molar-refractivity contribution is 7.88. The van der Waals surface area contributed by atoms with Crippen molar-refractivity contribution >= 4 is 27.5 Å². The summed E-state index contributed by atoms with van der Waals surface area (Å²) in [4.78, 5) is 12.1. The van der Waals surface area contributed by atoms with E-state index in [2.05, 4.69) is 10.0 Å². The molecule has 0 aliphatic heterocycles. The van der Waals surface area contributed by atoms with E-state index in [-0.39, 0.29) is 24.9 Å². The summed E-state index contributed by atoms with van der Waals surface area (Å²) in [5.74, 6) is 0.288. The van der Waals surface area contributed by atoms with Gasteiger partial charge in [0.2, 0.25) is 15.9 Å². The minimum absolute atomic E-state index is 0.0308. The first kappa shape index (κ1) is 17.2. The fourth-order valence-corrected chi connectivity index (χ4v) is 3.11. The molecule has 1 amide bonds. The number of rotatable bonds is 7. The fraction of sp³-hybridized carbons (Fsp3) is 0.533. The lowest BCUT2D eigenvalue weighted by Gasteiger charge is -2.34. The van der Waals surface area contributed by atoms with E-state index in [1.54, 1.807) is 0 Å². The summed E-state index contributed by atoms with van der Waals surface area (Å²) in [7, 11) is -3.26. The van der Waals surface area contributed by atoms with Crippen LogP contribution in [0.25, 0.3) is 0 Å². The monoisotopic (exact) mass is 344 g/mol. The van der Waals surface area contributed by atoms with Crippen LogP contribution in [0.15, 0.2) is 24.3 Å². The van der Waals surface area contributed by atoms with E-state index >= 15 is 0 Å². The molecule has 0 saturated heterocycles. The first-order chi connectivity index (χ1) is 10.3. The molecule has 0 spiro atoms. The molecule has 22 heavy (non-hydrogen) atoms. The van der Waals surface area contributed by atoms with Crippen LogP contribution in [0.2, 0.25) is 5.02 Å². The Kier molecular flexibility index (Phi) is 5.83. The van der Waals surface area contributed by atoms with E-state index in [0.29, 0.717) is 10.9 Å². The topological polar surface area (TPSA) is 75.3 Å². The molecule has 1 atom stereocenters. The minimum atomic E-state index is -3.26. The van der Waals surface area contributed by atoms with E-state index in [1.165, 1.54) is 6.42 Å². The van der Waals surface area contributed by atoms with Gasteiger partial charge in [-0.2, -0.15) is 0 Å². The van der Waals surface area contributed by atoms with Gasteiger partial charge in [-0.1, -0.05) is 30.2 Å². The standard InChI is InChI=1S/C15H21ClN2O3S/c1-22(20,21)17-10-9-14(19)18-15(11-3-2-4-11)12-5-7-13(16)8-6-12/h5-8,11,15,17H,2-4,9-10H2,1H3,(H,18,19)/t15-/m0/s1. The van der Waals surface area contributed by atoms with Crippen molar-refractivity contribution in [2.75, 3.05) is 12.8 Å². The smallest absolute Gasteiger partial charge is 0.221 e. The molecule has 1 aromatic carbocycles. The van der Waals surface area contributed by atoms with E-state index in [4.69, 9.17) is 11.6 Å². The van der Waals surface area contributed by atoms with Gasteiger partial charge in [0.05, 0.1) is 12.3 Å². The number of hydrogen-bond donors (Lipinski definition) is 2. The third kappa shape index (κ3) is 5.26. The highest BCUT2D eigenvalue weighted by Crippen LogP contribution is 2.38. The third-order valence-electron chi connectivity index (χ3n) is 3.88. The Morgan fingerprint density at radius 3 is 2.45 bits per heavy atom. The van der Waals surface area contributed by atoms with Crippen molar-refractivity contribution in [2.45, 2.75) is 31.7 Å². The normalized spacial score (nSPS) is 16.8. The summed E-state index contributed by atoms with van der Waals surface area (Å²) in [6.07, 6.45) is 4.57. The maximum absolute atomic E-state index is 12.1. The van der Waals surface area contributed by atoms with Crippen molar-refractivity contribution in [2.24, 2.45) is 5.92 Å². The number of carbonyl (C=O) groups is 1. The Morgan fingerprint density at radius 2 is 1.95 bits per heavy atom. The molecule has 7 heteroatoms. The van der Waals surface area contributed by atoms with Gasteiger partial charge in [0.1, 0.15) is 0 Å². The second kappa shape index (κ2) is 7.44. The summed E-state index contributed by atoms with van der Waals surface area (Å²) in [6.45, 7) is 0.114. The molecule has 1 saturated carbocycles. The molecule has 1 aromatic rings. The van der Waals surface area contributed by atoms with Crippen LogP contribution in [0, 0.1) is 5.92 Å². The Morgan fingerprint density at radius 1 is 1.32 bits per heavy atom. The van der Waals surface area contributed by atoms with Crippen LogP contribution in [0.1, 0.15) is 37.3 Å². The number of hydrogen-bond acceptors (Lipinski definition) is 3. The minimum Gasteiger partial charge on any atom is -0.349 e. The van der Waals surface area contributed by atoms with Gasteiger partial charge in [0.15, 0.2) is 0 Å². The predicted molar refractivity (Wildman–Crippen MR) is 87.1 cm³/mol. The van der Waals surface area contributed by atoms with Crippen molar-refractivity contribution in [1.82, 2.24) is 10.0 Å². The lowest BCUT2D eigenvalue weighted by atomic mass is 9.77. The molecule has 2 rings (SSSR count). The van der Waals surface area contributed by atoms with Crippen molar-refractivity contribution < 1.29 is 13.2 Å². The number of sulfonamides is 1. The highest BCUT2D eigenvalue weighted by atomic mass is 35.5. The Balaban J connectivity index is 1.95. The second-order valence-electron chi connectivity index (χ2n) is 5.70. The maximum atomic E-state index is 12.1. The summed E-state index contributed by atoms with van der Waals surface area (Å²) in [6, 6.07) is 7.47. The molecule has 0 radical (unpaired) electrons. The van der Waals surface area contributed by atoms with E-state index < -0.39 is 10.0 Å². The largest absolute Gasteiger partial charge is 0.349 e. The molecule has 0 heterocycles. The van der Waals surface area contributed by atoms with Gasteiger partial charge in [0.25, 0.3) is 0 Å². The van der Waals surface area contributed by atoms with Crippen LogP contribution >= 0.6 is 11.6 Å². The maximum Gasteiger partial charge on any atom is 0.221 e. The lowest BCUT2D eigenvalue weighted by Crippen LogP contribution is -2.37. The van der Waals surface area contributed by atoms with Crippen molar-refractivity contribution in [1.29, 1.82) is 0 Å². The SMILES string of the molecule is CS(=O)(=O)NCCC(=O)N[C@H](c1ccc(Cl)cc1)C1CCC1. The summed E-state index contributed by atoms with van der Waals surface area (Å²) in [5, 5.41) is 3.69. The Bertz CT molecular complexity index is 612. The predicted octanol–water partition coefficient (Wildman–Crippen LogP) is 2.24. The molecule has 0 bridgehead atoms. The fourth-order valence-electron chi connectivity index (χ4n) is 2.51. The van der Waals surface area contributed by atoms with Crippen molar-refractivity contribution in [3.8, 4) is 0 Å². The zero-order valence-corrected chi connectivity index (χ0v) is 14.1. The van der Waals surface area contributed by atoms with Crippen LogP contribution in [-0.2, 0) is 14.8 Å². The van der Waals surface area contributed by atoms with Gasteiger partial charge in [-0.15, -0.1) is 0 Å². The molecular formula is C15H21ClN2O3S. The van der Waals surface area contributed by atoms with E-state index in [0.717, 1.165) is 24.7 Å². The van der Waals surface area contributed by atoms with Crippen LogP contribution < -0.4 is 10.0 Å². The number of halogens is 1. The molecule has 1 aliphatic rings. The van der Waals surface area contributed by atoms with Crippen LogP contribution in [-0.4, -0.2) is 27.1 Å². The lowest BCUT2D eigenvalue weighted by molar-refractivity contribution is -0.122. The molecule has 122 valence electrons. The Hall–Kier alpha value is -1.11. The van der Waals surface area contributed by atoms with Crippen LogP contribution in [0.4, 0.5) is 0 Å². The van der Waals surface area contributed by atoms with Crippen LogP contribution in [0.3, 0.4) is 0 Å². The van der Waals surface area contributed by atoms with Gasteiger partial charge in [-0.25, -0.2) is 13.1 Å². The molecule has 2 N–H and O–H groups in total. The number of nitrogens with one attached hydrogen (secondary N) is 2. The zero-order valence-electron chi connectivity index (χ0n) is 12.5. The van der Waals surface area contributed by atoms with Gasteiger partial charge < -0.3 is 5.32 Å². The molecule has 0 unspecified atom stereocenters.